The van der Waals surface area contributed by atoms with Crippen LogP contribution in [-0.4, -0.2) is 38.6 Å². The highest BCUT2D eigenvalue weighted by atomic mass is 35.5. The normalized spacial score (nSPS) is 22.1. The highest BCUT2D eigenvalue weighted by Gasteiger charge is 2.61. The number of carbonyl (C=O) groups excluding carboxylic acids is 1. The lowest BCUT2D eigenvalue weighted by atomic mass is 9.62. The molecule has 1 aliphatic heterocycles. The van der Waals surface area contributed by atoms with Crippen LogP contribution in [0.4, 0.5) is 14.5 Å². The third-order valence-corrected chi connectivity index (χ3v) is 8.01. The molecule has 0 spiro atoms. The molecule has 4 atom stereocenters. The summed E-state index contributed by atoms with van der Waals surface area (Å²) < 4.78 is 31.5. The number of hydrogen-bond donors (Lipinski definition) is 3. The molecule has 1 aromatic heterocycles. The van der Waals surface area contributed by atoms with E-state index < -0.39 is 41.0 Å². The molecule has 2 unspecified atom stereocenters. The van der Waals surface area contributed by atoms with Gasteiger partial charge in [0, 0.05) is 33.8 Å². The molecule has 12 heteroatoms. The summed E-state index contributed by atoms with van der Waals surface area (Å²) in [4.78, 5) is 14.0. The van der Waals surface area contributed by atoms with Crippen molar-refractivity contribution in [3.63, 3.8) is 0 Å². The second kappa shape index (κ2) is 11.4. The first-order valence-corrected chi connectivity index (χ1v) is 13.9. The van der Waals surface area contributed by atoms with Crippen molar-refractivity contribution in [1.29, 1.82) is 5.26 Å². The lowest BCUT2D eigenvalue weighted by Gasteiger charge is -2.37. The third-order valence-electron chi connectivity index (χ3n) is 7.49. The minimum Gasteiger partial charge on any atom is -0.325 e. The van der Waals surface area contributed by atoms with Crippen LogP contribution in [0.5, 0.6) is 0 Å². The molecule has 3 aromatic carbocycles. The van der Waals surface area contributed by atoms with E-state index in [0.717, 1.165) is 6.07 Å². The molecule has 0 saturated carbocycles. The van der Waals surface area contributed by atoms with Gasteiger partial charge in [-0.15, -0.1) is 10.2 Å². The van der Waals surface area contributed by atoms with Crippen molar-refractivity contribution in [2.75, 3.05) is 5.32 Å². The van der Waals surface area contributed by atoms with Gasteiger partial charge in [-0.2, -0.15) is 10.5 Å². The number of amides is 1. The van der Waals surface area contributed by atoms with Gasteiger partial charge in [0.15, 0.2) is 0 Å². The number of nitrogens with one attached hydrogen (secondary N) is 3. The SMILES string of the molecule is CC(C)(C)C[C@@H]1N[C@@H](C(=O)Nc2ccc(-c3nn[nH]n3)cc2)C(c2cccc(Cl)c2F)C1(C#N)c1ccc(Cl)cc1F. The number of aromatic amines is 1. The van der Waals surface area contributed by atoms with Crippen molar-refractivity contribution in [2.24, 2.45) is 5.41 Å². The van der Waals surface area contributed by atoms with Gasteiger partial charge in [0.2, 0.25) is 11.7 Å². The Bertz CT molecular complexity index is 1650. The van der Waals surface area contributed by atoms with E-state index in [9.17, 15) is 10.1 Å². The average molecular weight is 610 g/mol. The summed E-state index contributed by atoms with van der Waals surface area (Å²) in [6.07, 6.45) is 0.366. The van der Waals surface area contributed by atoms with Crippen molar-refractivity contribution in [2.45, 2.75) is 50.6 Å². The summed E-state index contributed by atoms with van der Waals surface area (Å²) in [5.74, 6) is -2.82. The van der Waals surface area contributed by atoms with Crippen LogP contribution in [0.25, 0.3) is 11.4 Å². The Hall–Kier alpha value is -3.91. The molecule has 8 nitrogen and oxygen atoms in total. The predicted octanol–water partition coefficient (Wildman–Crippen LogP) is 6.41. The Kier molecular flexibility index (Phi) is 8.03. The fraction of sp³-hybridized carbons (Fsp3) is 0.300. The van der Waals surface area contributed by atoms with Crippen LogP contribution in [0.2, 0.25) is 10.0 Å². The number of rotatable bonds is 6. The van der Waals surface area contributed by atoms with Gasteiger partial charge in [0.25, 0.3) is 0 Å². The molecule has 0 radical (unpaired) electrons. The molecule has 0 aliphatic carbocycles. The van der Waals surface area contributed by atoms with E-state index in [1.807, 2.05) is 20.8 Å². The van der Waals surface area contributed by atoms with E-state index in [2.05, 4.69) is 37.3 Å². The fourth-order valence-corrected chi connectivity index (χ4v) is 6.10. The Balaban J connectivity index is 1.64. The van der Waals surface area contributed by atoms with E-state index in [4.69, 9.17) is 23.2 Å². The van der Waals surface area contributed by atoms with Crippen molar-refractivity contribution in [1.82, 2.24) is 25.9 Å². The molecule has 42 heavy (non-hydrogen) atoms. The smallest absolute Gasteiger partial charge is 0.242 e. The van der Waals surface area contributed by atoms with E-state index in [1.165, 1.54) is 24.3 Å². The molecule has 1 saturated heterocycles. The summed E-state index contributed by atoms with van der Waals surface area (Å²) in [5.41, 5.74) is -0.908. The number of aromatic nitrogens is 4. The maximum Gasteiger partial charge on any atom is 0.242 e. The first-order chi connectivity index (χ1) is 19.9. The summed E-state index contributed by atoms with van der Waals surface area (Å²) in [6, 6.07) is 15.6. The number of nitriles is 1. The summed E-state index contributed by atoms with van der Waals surface area (Å²) in [6.45, 7) is 5.92. The molecule has 1 fully saturated rings. The molecule has 2 heterocycles. The summed E-state index contributed by atoms with van der Waals surface area (Å²) >= 11 is 12.3. The van der Waals surface area contributed by atoms with Crippen LogP contribution in [0.3, 0.4) is 0 Å². The van der Waals surface area contributed by atoms with Crippen molar-refractivity contribution < 1.29 is 13.6 Å². The minimum atomic E-state index is -1.71. The molecule has 0 bridgehead atoms. The number of H-pyrrole nitrogens is 1. The van der Waals surface area contributed by atoms with Crippen molar-refractivity contribution in [3.8, 4) is 17.5 Å². The van der Waals surface area contributed by atoms with Gasteiger partial charge in [0.1, 0.15) is 17.0 Å². The van der Waals surface area contributed by atoms with E-state index in [-0.39, 0.29) is 26.6 Å². The first kappa shape index (κ1) is 29.6. The Morgan fingerprint density at radius 2 is 1.86 bits per heavy atom. The lowest BCUT2D eigenvalue weighted by molar-refractivity contribution is -0.118. The summed E-state index contributed by atoms with van der Waals surface area (Å²) in [5, 5.41) is 30.9. The predicted molar refractivity (Wildman–Crippen MR) is 156 cm³/mol. The number of benzene rings is 3. The van der Waals surface area contributed by atoms with Gasteiger partial charge in [-0.1, -0.05) is 62.2 Å². The van der Waals surface area contributed by atoms with Crippen molar-refractivity contribution in [3.05, 3.63) is 93.5 Å². The van der Waals surface area contributed by atoms with Crippen LogP contribution in [0, 0.1) is 28.4 Å². The Morgan fingerprint density at radius 3 is 2.48 bits per heavy atom. The van der Waals surface area contributed by atoms with Gasteiger partial charge < -0.3 is 10.6 Å². The van der Waals surface area contributed by atoms with E-state index >= 15 is 8.78 Å². The molecule has 5 rings (SSSR count). The molecule has 216 valence electrons. The van der Waals surface area contributed by atoms with Gasteiger partial charge in [-0.3, -0.25) is 4.79 Å². The maximum absolute atomic E-state index is 15.8. The standard InChI is InChI=1S/C30H27Cl2F2N7O/c1-29(2,3)14-23-30(15-35,20-12-9-17(31)13-22(20)33)24(19-5-4-6-21(32)25(19)34)26(37-23)28(42)36-18-10-7-16(8-11-18)27-38-40-41-39-27/h4-13,23-24,26,37H,14H2,1-3H3,(H,36,42)(H,38,39,40,41)/t23-,24?,26+,30?/m0/s1. The zero-order valence-corrected chi connectivity index (χ0v) is 24.4. The maximum atomic E-state index is 15.8. The minimum absolute atomic E-state index is 0.0142. The van der Waals surface area contributed by atoms with Crippen LogP contribution in [0.1, 0.15) is 44.2 Å². The van der Waals surface area contributed by atoms with Gasteiger partial charge in [0.05, 0.1) is 17.1 Å². The van der Waals surface area contributed by atoms with Crippen LogP contribution < -0.4 is 10.6 Å². The number of anilines is 1. The molecule has 1 amide bonds. The average Bonchev–Trinajstić information content (AvgIpc) is 3.57. The zero-order chi connectivity index (χ0) is 30.2. The Labute approximate surface area is 251 Å². The van der Waals surface area contributed by atoms with Crippen LogP contribution in [0.15, 0.2) is 60.7 Å². The number of nitrogens with zero attached hydrogens (tertiary/aromatic N) is 4. The molecular formula is C30H27Cl2F2N7O. The summed E-state index contributed by atoms with van der Waals surface area (Å²) in [7, 11) is 0. The lowest BCUT2D eigenvalue weighted by Crippen LogP contribution is -2.45. The highest BCUT2D eigenvalue weighted by Crippen LogP contribution is 2.52. The molecule has 4 aromatic rings. The quantitative estimate of drug-likeness (QED) is 0.232. The third kappa shape index (κ3) is 5.48. The van der Waals surface area contributed by atoms with Gasteiger partial charge in [-0.05, 0) is 65.1 Å². The first-order valence-electron chi connectivity index (χ1n) is 13.2. The zero-order valence-electron chi connectivity index (χ0n) is 22.9. The van der Waals surface area contributed by atoms with E-state index in [1.54, 1.807) is 30.3 Å². The molecule has 1 aliphatic rings. The second-order valence-corrected chi connectivity index (χ2v) is 12.3. The number of hydrogen-bond acceptors (Lipinski definition) is 6. The fourth-order valence-electron chi connectivity index (χ4n) is 5.76. The van der Waals surface area contributed by atoms with Crippen LogP contribution >= 0.6 is 23.2 Å². The van der Waals surface area contributed by atoms with Gasteiger partial charge in [-0.25, -0.2) is 8.78 Å². The Morgan fingerprint density at radius 1 is 1.12 bits per heavy atom. The molecule has 3 N–H and O–H groups in total. The monoisotopic (exact) mass is 609 g/mol. The number of carbonyl (C=O) groups is 1. The highest BCUT2D eigenvalue weighted by molar-refractivity contribution is 6.31. The largest absolute Gasteiger partial charge is 0.325 e. The number of tetrazole rings is 1. The second-order valence-electron chi connectivity index (χ2n) is 11.5. The molecular weight excluding hydrogens is 583 g/mol. The van der Waals surface area contributed by atoms with Crippen molar-refractivity contribution >= 4 is 34.8 Å². The topological polar surface area (TPSA) is 119 Å². The van der Waals surface area contributed by atoms with Crippen LogP contribution in [-0.2, 0) is 10.2 Å². The van der Waals surface area contributed by atoms with E-state index in [0.29, 0.717) is 23.5 Å². The van der Waals surface area contributed by atoms with Gasteiger partial charge >= 0.3 is 0 Å². The number of halogens is 4.